The molecule has 0 aromatic heterocycles. The molecule has 0 unspecified atom stereocenters. The SMILES string of the molecule is CCOC(=O)C(F)(F)c1ccc(OC(C)C)c(Cl)c1. The number of ether oxygens (including phenoxy) is 2. The van der Waals surface area contributed by atoms with Gasteiger partial charge in [0.25, 0.3) is 0 Å². The van der Waals surface area contributed by atoms with E-state index in [4.69, 9.17) is 16.3 Å². The van der Waals surface area contributed by atoms with Gasteiger partial charge in [-0.2, -0.15) is 8.78 Å². The zero-order valence-electron chi connectivity index (χ0n) is 10.9. The van der Waals surface area contributed by atoms with Crippen LogP contribution in [0, 0.1) is 0 Å². The number of rotatable bonds is 5. The third-order valence-electron chi connectivity index (χ3n) is 2.19. The summed E-state index contributed by atoms with van der Waals surface area (Å²) in [6.45, 7) is 4.92. The molecule has 0 aliphatic heterocycles. The molecule has 0 N–H and O–H groups in total. The van der Waals surface area contributed by atoms with E-state index >= 15 is 0 Å². The van der Waals surface area contributed by atoms with Crippen molar-refractivity contribution >= 4 is 17.6 Å². The number of hydrogen-bond donors (Lipinski definition) is 0. The first-order valence-electron chi connectivity index (χ1n) is 5.80. The minimum atomic E-state index is -3.73. The van der Waals surface area contributed by atoms with E-state index in [1.807, 2.05) is 0 Å². The van der Waals surface area contributed by atoms with Gasteiger partial charge in [0.1, 0.15) is 5.75 Å². The van der Waals surface area contributed by atoms with Crippen molar-refractivity contribution in [2.24, 2.45) is 0 Å². The topological polar surface area (TPSA) is 35.5 Å². The lowest BCUT2D eigenvalue weighted by atomic mass is 10.1. The molecule has 3 nitrogen and oxygen atoms in total. The fourth-order valence-electron chi connectivity index (χ4n) is 1.39. The first kappa shape index (κ1) is 15.7. The van der Waals surface area contributed by atoms with Crippen LogP contribution in [0.25, 0.3) is 0 Å². The molecule has 1 aromatic carbocycles. The predicted octanol–water partition coefficient (Wildman–Crippen LogP) is 3.78. The lowest BCUT2D eigenvalue weighted by Gasteiger charge is -2.17. The molecular weight excluding hydrogens is 278 g/mol. The standard InChI is InChI=1S/C13H15ClF2O3/c1-4-18-12(17)13(15,16)9-5-6-11(10(14)7-9)19-8(2)3/h5-8H,4H2,1-3H3. The Morgan fingerprint density at radius 3 is 2.53 bits per heavy atom. The van der Waals surface area contributed by atoms with Crippen LogP contribution >= 0.6 is 11.6 Å². The van der Waals surface area contributed by atoms with Gasteiger partial charge in [0.15, 0.2) is 0 Å². The van der Waals surface area contributed by atoms with Gasteiger partial charge in [-0.1, -0.05) is 11.6 Å². The van der Waals surface area contributed by atoms with Gasteiger partial charge in [-0.3, -0.25) is 0 Å². The van der Waals surface area contributed by atoms with Crippen LogP contribution in [0.2, 0.25) is 5.02 Å². The molecule has 0 fully saturated rings. The Balaban J connectivity index is 3.02. The maximum Gasteiger partial charge on any atom is 0.381 e. The second-order valence-corrected chi connectivity index (χ2v) is 4.51. The van der Waals surface area contributed by atoms with Crippen LogP contribution in [0.3, 0.4) is 0 Å². The molecule has 0 spiro atoms. The summed E-state index contributed by atoms with van der Waals surface area (Å²) in [5, 5.41) is 0.0233. The van der Waals surface area contributed by atoms with E-state index in [0.29, 0.717) is 5.75 Å². The maximum absolute atomic E-state index is 13.7. The van der Waals surface area contributed by atoms with Gasteiger partial charge >= 0.3 is 11.9 Å². The molecule has 0 saturated carbocycles. The first-order chi connectivity index (χ1) is 8.78. The first-order valence-corrected chi connectivity index (χ1v) is 6.18. The van der Waals surface area contributed by atoms with Crippen molar-refractivity contribution in [1.82, 2.24) is 0 Å². The van der Waals surface area contributed by atoms with Crippen molar-refractivity contribution in [1.29, 1.82) is 0 Å². The number of carbonyl (C=O) groups is 1. The normalized spacial score (nSPS) is 11.5. The van der Waals surface area contributed by atoms with Crippen LogP contribution in [0.15, 0.2) is 18.2 Å². The van der Waals surface area contributed by atoms with Gasteiger partial charge in [0, 0.05) is 5.56 Å². The number of alkyl halides is 2. The van der Waals surface area contributed by atoms with Gasteiger partial charge in [0.05, 0.1) is 17.7 Å². The lowest BCUT2D eigenvalue weighted by Crippen LogP contribution is -2.28. The zero-order chi connectivity index (χ0) is 14.6. The summed E-state index contributed by atoms with van der Waals surface area (Å²) in [4.78, 5) is 11.2. The zero-order valence-corrected chi connectivity index (χ0v) is 11.6. The van der Waals surface area contributed by atoms with E-state index in [0.717, 1.165) is 12.1 Å². The highest BCUT2D eigenvalue weighted by atomic mass is 35.5. The number of halogens is 3. The Morgan fingerprint density at radius 1 is 1.42 bits per heavy atom. The highest BCUT2D eigenvalue weighted by Crippen LogP contribution is 2.35. The van der Waals surface area contributed by atoms with E-state index in [9.17, 15) is 13.6 Å². The van der Waals surface area contributed by atoms with Crippen LogP contribution in [-0.2, 0) is 15.5 Å². The van der Waals surface area contributed by atoms with Crippen LogP contribution < -0.4 is 4.74 Å². The molecule has 6 heteroatoms. The summed E-state index contributed by atoms with van der Waals surface area (Å²) in [6, 6.07) is 3.42. The van der Waals surface area contributed by atoms with E-state index in [1.54, 1.807) is 13.8 Å². The maximum atomic E-state index is 13.7. The summed E-state index contributed by atoms with van der Waals surface area (Å²) in [6.07, 6.45) is -0.131. The Morgan fingerprint density at radius 2 is 2.05 bits per heavy atom. The predicted molar refractivity (Wildman–Crippen MR) is 67.7 cm³/mol. The summed E-state index contributed by atoms with van der Waals surface area (Å²) in [5.41, 5.74) is -0.521. The molecule has 0 radical (unpaired) electrons. The summed E-state index contributed by atoms with van der Waals surface area (Å²) < 4.78 is 37.1. The van der Waals surface area contributed by atoms with Crippen LogP contribution in [0.1, 0.15) is 26.3 Å². The quantitative estimate of drug-likeness (QED) is 0.775. The molecule has 1 aromatic rings. The largest absolute Gasteiger partial charge is 0.489 e. The monoisotopic (exact) mass is 292 g/mol. The molecule has 0 aliphatic carbocycles. The molecule has 19 heavy (non-hydrogen) atoms. The fraction of sp³-hybridized carbons (Fsp3) is 0.462. The third-order valence-corrected chi connectivity index (χ3v) is 2.48. The Kier molecular flexibility index (Phi) is 5.11. The lowest BCUT2D eigenvalue weighted by molar-refractivity contribution is -0.173. The number of esters is 1. The minimum Gasteiger partial charge on any atom is -0.489 e. The number of hydrogen-bond acceptors (Lipinski definition) is 3. The van der Waals surface area contributed by atoms with Crippen molar-refractivity contribution in [2.75, 3.05) is 6.61 Å². The second-order valence-electron chi connectivity index (χ2n) is 4.11. The molecular formula is C13H15ClF2O3. The molecule has 0 aliphatic rings. The minimum absolute atomic E-state index is 0.0233. The highest BCUT2D eigenvalue weighted by molar-refractivity contribution is 6.32. The van der Waals surface area contributed by atoms with Crippen molar-refractivity contribution in [3.05, 3.63) is 28.8 Å². The van der Waals surface area contributed by atoms with Crippen LogP contribution in [-0.4, -0.2) is 18.7 Å². The van der Waals surface area contributed by atoms with Gasteiger partial charge in [-0.15, -0.1) is 0 Å². The third kappa shape index (κ3) is 3.80. The van der Waals surface area contributed by atoms with Crippen LogP contribution in [0.5, 0.6) is 5.75 Å². The molecule has 0 saturated heterocycles. The number of carbonyl (C=O) groups excluding carboxylic acids is 1. The van der Waals surface area contributed by atoms with Crippen molar-refractivity contribution in [3.8, 4) is 5.75 Å². The average molecular weight is 293 g/mol. The van der Waals surface area contributed by atoms with Crippen LogP contribution in [0.4, 0.5) is 8.78 Å². The molecule has 1 rings (SSSR count). The molecule has 106 valence electrons. The molecule has 0 atom stereocenters. The average Bonchev–Trinajstić information content (AvgIpc) is 2.31. The summed E-state index contributed by atoms with van der Waals surface area (Å²) >= 11 is 5.85. The Hall–Kier alpha value is -1.36. The smallest absolute Gasteiger partial charge is 0.381 e. The Bertz CT molecular complexity index is 461. The van der Waals surface area contributed by atoms with E-state index in [-0.39, 0.29) is 17.7 Å². The number of benzene rings is 1. The van der Waals surface area contributed by atoms with Crippen molar-refractivity contribution < 1.29 is 23.0 Å². The van der Waals surface area contributed by atoms with Gasteiger partial charge < -0.3 is 9.47 Å². The highest BCUT2D eigenvalue weighted by Gasteiger charge is 2.43. The molecule has 0 bridgehead atoms. The van der Waals surface area contributed by atoms with E-state index < -0.39 is 17.5 Å². The van der Waals surface area contributed by atoms with Gasteiger partial charge in [-0.05, 0) is 39.0 Å². The fourth-order valence-corrected chi connectivity index (χ4v) is 1.61. The van der Waals surface area contributed by atoms with Gasteiger partial charge in [-0.25, -0.2) is 4.79 Å². The van der Waals surface area contributed by atoms with Crippen molar-refractivity contribution in [2.45, 2.75) is 32.8 Å². The molecule has 0 heterocycles. The van der Waals surface area contributed by atoms with Gasteiger partial charge in [0.2, 0.25) is 0 Å². The van der Waals surface area contributed by atoms with E-state index in [1.165, 1.54) is 13.0 Å². The van der Waals surface area contributed by atoms with Crippen molar-refractivity contribution in [3.63, 3.8) is 0 Å². The summed E-state index contributed by atoms with van der Waals surface area (Å²) in [7, 11) is 0. The summed E-state index contributed by atoms with van der Waals surface area (Å²) in [5.74, 6) is -5.03. The molecule has 0 amide bonds. The second kappa shape index (κ2) is 6.19. The Labute approximate surface area is 115 Å². The van der Waals surface area contributed by atoms with E-state index in [2.05, 4.69) is 4.74 Å².